The lowest BCUT2D eigenvalue weighted by atomic mass is 9.81. The van der Waals surface area contributed by atoms with Crippen molar-refractivity contribution < 1.29 is 22.3 Å². The van der Waals surface area contributed by atoms with Crippen LogP contribution in [-0.4, -0.2) is 44.1 Å². The van der Waals surface area contributed by atoms with Crippen LogP contribution in [0.5, 0.6) is 0 Å². The molecule has 0 radical (unpaired) electrons. The van der Waals surface area contributed by atoms with E-state index in [0.29, 0.717) is 6.42 Å². The number of likely N-dealkylation sites (N-methyl/N-ethyl adjacent to an activating group) is 1. The van der Waals surface area contributed by atoms with Gasteiger partial charge in [0.2, 0.25) is 10.0 Å². The van der Waals surface area contributed by atoms with Crippen LogP contribution in [0.25, 0.3) is 11.1 Å². The van der Waals surface area contributed by atoms with Crippen molar-refractivity contribution in [3.8, 4) is 11.1 Å². The van der Waals surface area contributed by atoms with E-state index in [1.165, 1.54) is 34.6 Å². The van der Waals surface area contributed by atoms with Crippen LogP contribution in [0.3, 0.4) is 0 Å². The fraction of sp³-hybridized carbons (Fsp3) is 0.280. The maximum absolute atomic E-state index is 13.8. The van der Waals surface area contributed by atoms with Crippen LogP contribution >= 0.6 is 0 Å². The Morgan fingerprint density at radius 2 is 1.70 bits per heavy atom. The molecule has 0 bridgehead atoms. The number of hydrogen-bond donors (Lipinski definition) is 1. The second-order valence-electron chi connectivity index (χ2n) is 8.61. The lowest BCUT2D eigenvalue weighted by molar-refractivity contribution is 0.193. The number of anilines is 1. The highest BCUT2D eigenvalue weighted by Crippen LogP contribution is 2.51. The zero-order valence-electron chi connectivity index (χ0n) is 18.0. The average molecular weight is 471 g/mol. The molecule has 33 heavy (non-hydrogen) atoms. The minimum atomic E-state index is -3.96. The molecule has 0 saturated carbocycles. The van der Waals surface area contributed by atoms with Crippen molar-refractivity contribution in [2.45, 2.75) is 23.4 Å². The standard InChI is InChI=1S/C25H24F2N2O3S/c1-28-23-10-7-17(16-5-8-18(26)9-6-16)13-22(23)25-21(24(28)15-30)11-12-29(25)33(31,32)20-4-2-3-19(27)14-20/h2-10,13-14,21,24-25,30H,11-12,15H2,1H3/t21-,24-,25-/m1/s1. The number of aliphatic hydroxyl groups excluding tert-OH is 1. The molecule has 1 N–H and O–H groups in total. The number of fused-ring (bicyclic) bond motifs is 3. The van der Waals surface area contributed by atoms with Crippen molar-refractivity contribution in [1.82, 2.24) is 4.31 Å². The summed E-state index contributed by atoms with van der Waals surface area (Å²) < 4.78 is 55.8. The van der Waals surface area contributed by atoms with E-state index in [-0.39, 0.29) is 35.8 Å². The SMILES string of the molecule is CN1c2ccc(-c3ccc(F)cc3)cc2[C@H]2[C@H](CCN2S(=O)(=O)c2cccc(F)c2)[C@H]1CO. The molecule has 2 aliphatic rings. The summed E-state index contributed by atoms with van der Waals surface area (Å²) in [5, 5.41) is 10.1. The van der Waals surface area contributed by atoms with E-state index >= 15 is 0 Å². The van der Waals surface area contributed by atoms with Crippen molar-refractivity contribution in [3.63, 3.8) is 0 Å². The highest BCUT2D eigenvalue weighted by molar-refractivity contribution is 7.89. The van der Waals surface area contributed by atoms with Gasteiger partial charge in [0, 0.05) is 25.2 Å². The smallest absolute Gasteiger partial charge is 0.243 e. The average Bonchev–Trinajstić information content (AvgIpc) is 3.26. The minimum absolute atomic E-state index is 0.0844. The van der Waals surface area contributed by atoms with Crippen LogP contribution in [0, 0.1) is 17.6 Å². The second-order valence-corrected chi connectivity index (χ2v) is 10.5. The first-order valence-electron chi connectivity index (χ1n) is 10.8. The molecular weight excluding hydrogens is 446 g/mol. The van der Waals surface area contributed by atoms with Gasteiger partial charge in [0.25, 0.3) is 0 Å². The Morgan fingerprint density at radius 1 is 0.970 bits per heavy atom. The predicted octanol–water partition coefficient (Wildman–Crippen LogP) is 4.19. The number of halogens is 2. The number of nitrogens with zero attached hydrogens (tertiary/aromatic N) is 2. The van der Waals surface area contributed by atoms with Gasteiger partial charge in [0.15, 0.2) is 0 Å². The van der Waals surface area contributed by atoms with Gasteiger partial charge in [-0.25, -0.2) is 17.2 Å². The molecule has 172 valence electrons. The van der Waals surface area contributed by atoms with Crippen LogP contribution in [0.1, 0.15) is 18.0 Å². The van der Waals surface area contributed by atoms with Gasteiger partial charge in [0.1, 0.15) is 11.6 Å². The van der Waals surface area contributed by atoms with Crippen LogP contribution in [0.4, 0.5) is 14.5 Å². The molecule has 2 aliphatic heterocycles. The molecule has 0 aromatic heterocycles. The highest BCUT2D eigenvalue weighted by Gasteiger charge is 2.50. The number of aliphatic hydroxyl groups is 1. The third-order valence-corrected chi connectivity index (χ3v) is 8.76. The molecule has 3 aromatic rings. The zero-order chi connectivity index (χ0) is 23.3. The van der Waals surface area contributed by atoms with E-state index in [9.17, 15) is 22.3 Å². The largest absolute Gasteiger partial charge is 0.394 e. The number of benzene rings is 3. The van der Waals surface area contributed by atoms with Gasteiger partial charge in [-0.3, -0.25) is 0 Å². The first-order valence-corrected chi connectivity index (χ1v) is 12.3. The number of hydrogen-bond acceptors (Lipinski definition) is 4. The van der Waals surface area contributed by atoms with Gasteiger partial charge < -0.3 is 10.0 Å². The van der Waals surface area contributed by atoms with Gasteiger partial charge >= 0.3 is 0 Å². The zero-order valence-corrected chi connectivity index (χ0v) is 18.8. The lowest BCUT2D eigenvalue weighted by Gasteiger charge is -2.44. The van der Waals surface area contributed by atoms with Crippen molar-refractivity contribution >= 4 is 15.7 Å². The highest BCUT2D eigenvalue weighted by atomic mass is 32.2. The van der Waals surface area contributed by atoms with E-state index in [1.807, 2.05) is 30.1 Å². The van der Waals surface area contributed by atoms with Crippen molar-refractivity contribution in [2.75, 3.05) is 25.1 Å². The minimum Gasteiger partial charge on any atom is -0.394 e. The van der Waals surface area contributed by atoms with Gasteiger partial charge in [-0.1, -0.05) is 24.3 Å². The van der Waals surface area contributed by atoms with Gasteiger partial charge in [0.05, 0.1) is 23.6 Å². The molecule has 3 aromatic carbocycles. The Morgan fingerprint density at radius 3 is 2.39 bits per heavy atom. The van der Waals surface area contributed by atoms with Gasteiger partial charge in [-0.05, 0) is 65.6 Å². The Bertz CT molecular complexity index is 1300. The summed E-state index contributed by atoms with van der Waals surface area (Å²) in [6.45, 7) is 0.170. The lowest BCUT2D eigenvalue weighted by Crippen LogP contribution is -2.48. The summed E-state index contributed by atoms with van der Waals surface area (Å²) >= 11 is 0. The fourth-order valence-electron chi connectivity index (χ4n) is 5.27. The fourth-order valence-corrected chi connectivity index (χ4v) is 6.96. The van der Waals surface area contributed by atoms with Crippen molar-refractivity contribution in [3.05, 3.63) is 83.9 Å². The quantitative estimate of drug-likeness (QED) is 0.621. The predicted molar refractivity (Wildman–Crippen MR) is 122 cm³/mol. The van der Waals surface area contributed by atoms with Crippen LogP contribution in [0.15, 0.2) is 71.6 Å². The van der Waals surface area contributed by atoms with E-state index in [0.717, 1.165) is 28.4 Å². The third-order valence-electron chi connectivity index (χ3n) is 6.88. The van der Waals surface area contributed by atoms with Crippen LogP contribution in [0.2, 0.25) is 0 Å². The van der Waals surface area contributed by atoms with E-state index in [1.54, 1.807) is 12.1 Å². The third kappa shape index (κ3) is 3.62. The molecule has 8 heteroatoms. The Hall–Kier alpha value is -2.81. The molecule has 0 aliphatic carbocycles. The van der Waals surface area contributed by atoms with E-state index in [2.05, 4.69) is 0 Å². The summed E-state index contributed by atoms with van der Waals surface area (Å²) in [6.07, 6.45) is 0.578. The topological polar surface area (TPSA) is 60.9 Å². The summed E-state index contributed by atoms with van der Waals surface area (Å²) in [7, 11) is -2.06. The summed E-state index contributed by atoms with van der Waals surface area (Å²) in [6, 6.07) is 16.2. The normalized spacial score (nSPS) is 22.8. The van der Waals surface area contributed by atoms with Crippen molar-refractivity contribution in [2.24, 2.45) is 5.92 Å². The molecule has 2 heterocycles. The van der Waals surface area contributed by atoms with Crippen molar-refractivity contribution in [1.29, 1.82) is 0 Å². The summed E-state index contributed by atoms with van der Waals surface area (Å²) in [5.74, 6) is -1.06. The maximum atomic E-state index is 13.8. The molecule has 5 nitrogen and oxygen atoms in total. The molecule has 5 rings (SSSR count). The molecule has 0 unspecified atom stereocenters. The van der Waals surface area contributed by atoms with Gasteiger partial charge in [-0.15, -0.1) is 0 Å². The van der Waals surface area contributed by atoms with E-state index < -0.39 is 21.9 Å². The summed E-state index contributed by atoms with van der Waals surface area (Å²) in [5.41, 5.74) is 3.33. The first kappa shape index (κ1) is 22.0. The second kappa shape index (κ2) is 8.20. The molecule has 1 fully saturated rings. The molecular formula is C25H24F2N2O3S. The Labute approximate surface area is 191 Å². The monoisotopic (exact) mass is 470 g/mol. The molecule has 1 saturated heterocycles. The Balaban J connectivity index is 1.64. The van der Waals surface area contributed by atoms with Gasteiger partial charge in [-0.2, -0.15) is 4.31 Å². The number of rotatable bonds is 4. The molecule has 0 spiro atoms. The number of sulfonamides is 1. The Kier molecular flexibility index (Phi) is 5.47. The van der Waals surface area contributed by atoms with E-state index in [4.69, 9.17) is 0 Å². The summed E-state index contributed by atoms with van der Waals surface area (Å²) in [4.78, 5) is 1.92. The maximum Gasteiger partial charge on any atom is 0.243 e. The molecule has 3 atom stereocenters. The molecule has 0 amide bonds. The van der Waals surface area contributed by atoms with Crippen LogP contribution < -0.4 is 4.90 Å². The first-order chi connectivity index (χ1) is 15.8. The van der Waals surface area contributed by atoms with Crippen LogP contribution in [-0.2, 0) is 10.0 Å².